The first-order chi connectivity index (χ1) is 9.15. The Hall–Kier alpha value is -1.62. The van der Waals surface area contributed by atoms with Gasteiger partial charge in [0.25, 0.3) is 5.91 Å². The van der Waals surface area contributed by atoms with E-state index in [1.807, 2.05) is 37.3 Å². The van der Waals surface area contributed by atoms with Crippen molar-refractivity contribution >= 4 is 21.8 Å². The predicted octanol–water partition coefficient (Wildman–Crippen LogP) is 3.00. The smallest absolute Gasteiger partial charge is 0.255 e. The van der Waals surface area contributed by atoms with Crippen LogP contribution in [0.25, 0.3) is 0 Å². The van der Waals surface area contributed by atoms with Crippen LogP contribution in [0, 0.1) is 0 Å². The van der Waals surface area contributed by atoms with Gasteiger partial charge in [-0.05, 0) is 35.3 Å². The van der Waals surface area contributed by atoms with Gasteiger partial charge >= 0.3 is 0 Å². The molecule has 1 heterocycles. The van der Waals surface area contributed by atoms with E-state index in [2.05, 4.69) is 33.3 Å². The molecule has 2 rings (SSSR count). The summed E-state index contributed by atoms with van der Waals surface area (Å²) in [6, 6.07) is 10.1. The molecule has 1 aromatic carbocycles. The second-order valence-corrected chi connectivity index (χ2v) is 4.99. The summed E-state index contributed by atoms with van der Waals surface area (Å²) in [6.45, 7) is 4.54. The maximum Gasteiger partial charge on any atom is 0.255 e. The van der Waals surface area contributed by atoms with Crippen molar-refractivity contribution in [1.29, 1.82) is 0 Å². The zero-order valence-electron chi connectivity index (χ0n) is 10.9. The molecule has 2 aromatic rings. The van der Waals surface area contributed by atoms with Crippen LogP contribution in [-0.4, -0.2) is 22.2 Å². The molecule has 4 nitrogen and oxygen atoms in total. The predicted molar refractivity (Wildman–Crippen MR) is 78.2 cm³/mol. The molecule has 0 aliphatic heterocycles. The first-order valence-corrected chi connectivity index (χ1v) is 7.00. The first kappa shape index (κ1) is 13.8. The third-order valence-electron chi connectivity index (χ3n) is 2.97. The van der Waals surface area contributed by atoms with Gasteiger partial charge in [0, 0.05) is 6.54 Å². The van der Waals surface area contributed by atoms with E-state index in [1.165, 1.54) is 0 Å². The molecule has 1 amide bonds. The molecule has 0 bridgehead atoms. The monoisotopic (exact) mass is 321 g/mol. The van der Waals surface area contributed by atoms with Crippen molar-refractivity contribution in [2.45, 2.75) is 19.9 Å². The van der Waals surface area contributed by atoms with Gasteiger partial charge in [-0.3, -0.25) is 9.48 Å². The van der Waals surface area contributed by atoms with Gasteiger partial charge in [0.05, 0.1) is 17.8 Å². The van der Waals surface area contributed by atoms with Gasteiger partial charge in [-0.1, -0.05) is 30.3 Å². The number of rotatable bonds is 4. The van der Waals surface area contributed by atoms with E-state index in [4.69, 9.17) is 0 Å². The minimum absolute atomic E-state index is 0.0683. The Morgan fingerprint density at radius 3 is 2.74 bits per heavy atom. The van der Waals surface area contributed by atoms with Crippen LogP contribution in [0.2, 0.25) is 0 Å². The fourth-order valence-electron chi connectivity index (χ4n) is 1.90. The molecule has 1 aromatic heterocycles. The number of benzene rings is 1. The molecule has 0 radical (unpaired) electrons. The van der Waals surface area contributed by atoms with E-state index in [0.717, 1.165) is 5.56 Å². The van der Waals surface area contributed by atoms with Crippen molar-refractivity contribution in [3.8, 4) is 0 Å². The summed E-state index contributed by atoms with van der Waals surface area (Å²) in [5.41, 5.74) is 1.71. The number of hydrogen-bond acceptors (Lipinski definition) is 2. The van der Waals surface area contributed by atoms with Crippen molar-refractivity contribution in [2.75, 3.05) is 6.54 Å². The number of aromatic nitrogens is 2. The quantitative estimate of drug-likeness (QED) is 0.941. The summed E-state index contributed by atoms with van der Waals surface area (Å²) in [7, 11) is 0. The standard InChI is InChI=1S/C14H16BrN3O/c1-3-16-14(19)12-9-17-18(13(12)15)10(2)11-7-5-4-6-8-11/h4-10H,3H2,1-2H3,(H,16,19). The molecule has 0 spiro atoms. The van der Waals surface area contributed by atoms with E-state index in [0.29, 0.717) is 16.7 Å². The minimum Gasteiger partial charge on any atom is -0.352 e. The Balaban J connectivity index is 2.29. The SMILES string of the molecule is CCNC(=O)c1cnn(C(C)c2ccccc2)c1Br. The highest BCUT2D eigenvalue weighted by molar-refractivity contribution is 9.10. The average molecular weight is 322 g/mol. The highest BCUT2D eigenvalue weighted by atomic mass is 79.9. The number of amides is 1. The fraction of sp³-hybridized carbons (Fsp3) is 0.286. The Morgan fingerprint density at radius 2 is 2.11 bits per heavy atom. The van der Waals surface area contributed by atoms with Crippen molar-refractivity contribution in [1.82, 2.24) is 15.1 Å². The van der Waals surface area contributed by atoms with Gasteiger partial charge in [0.15, 0.2) is 0 Å². The van der Waals surface area contributed by atoms with Crippen LogP contribution in [0.15, 0.2) is 41.1 Å². The lowest BCUT2D eigenvalue weighted by molar-refractivity contribution is 0.0955. The summed E-state index contributed by atoms with van der Waals surface area (Å²) in [4.78, 5) is 11.8. The van der Waals surface area contributed by atoms with Crippen LogP contribution in [0.5, 0.6) is 0 Å². The Kier molecular flexibility index (Phi) is 4.37. The largest absolute Gasteiger partial charge is 0.352 e. The molecule has 100 valence electrons. The first-order valence-electron chi connectivity index (χ1n) is 6.21. The maximum absolute atomic E-state index is 11.8. The van der Waals surface area contributed by atoms with Crippen LogP contribution in [0.3, 0.4) is 0 Å². The lowest BCUT2D eigenvalue weighted by Crippen LogP contribution is -2.22. The summed E-state index contributed by atoms with van der Waals surface area (Å²) >= 11 is 3.46. The van der Waals surface area contributed by atoms with Gasteiger partial charge in [-0.2, -0.15) is 5.10 Å². The zero-order chi connectivity index (χ0) is 13.8. The number of nitrogens with zero attached hydrogens (tertiary/aromatic N) is 2. The topological polar surface area (TPSA) is 46.9 Å². The van der Waals surface area contributed by atoms with Gasteiger partial charge in [-0.15, -0.1) is 0 Å². The van der Waals surface area contributed by atoms with Gasteiger partial charge in [0.2, 0.25) is 0 Å². The molecule has 0 saturated heterocycles. The third-order valence-corrected chi connectivity index (χ3v) is 3.76. The van der Waals surface area contributed by atoms with Crippen molar-refractivity contribution in [3.05, 3.63) is 52.3 Å². The average Bonchev–Trinajstić information content (AvgIpc) is 2.81. The van der Waals surface area contributed by atoms with Crippen molar-refractivity contribution in [3.63, 3.8) is 0 Å². The molecule has 1 atom stereocenters. The number of carbonyl (C=O) groups excluding carboxylic acids is 1. The Labute approximate surface area is 120 Å². The second-order valence-electron chi connectivity index (χ2n) is 4.24. The molecule has 0 aliphatic carbocycles. The molecular formula is C14H16BrN3O. The van der Waals surface area contributed by atoms with E-state index in [1.54, 1.807) is 10.9 Å². The van der Waals surface area contributed by atoms with Crippen LogP contribution < -0.4 is 5.32 Å². The molecule has 0 fully saturated rings. The highest BCUT2D eigenvalue weighted by Gasteiger charge is 2.18. The zero-order valence-corrected chi connectivity index (χ0v) is 12.5. The minimum atomic E-state index is -0.110. The highest BCUT2D eigenvalue weighted by Crippen LogP contribution is 2.24. The molecule has 0 saturated carbocycles. The lowest BCUT2D eigenvalue weighted by atomic mass is 10.1. The van der Waals surface area contributed by atoms with Crippen LogP contribution in [0.4, 0.5) is 0 Å². The second kappa shape index (κ2) is 6.02. The molecule has 5 heteroatoms. The summed E-state index contributed by atoms with van der Waals surface area (Å²) in [5, 5.41) is 7.08. The lowest BCUT2D eigenvalue weighted by Gasteiger charge is -2.14. The number of nitrogens with one attached hydrogen (secondary N) is 1. The van der Waals surface area contributed by atoms with E-state index < -0.39 is 0 Å². The van der Waals surface area contributed by atoms with Gasteiger partial charge < -0.3 is 5.32 Å². The van der Waals surface area contributed by atoms with E-state index in [9.17, 15) is 4.79 Å². The summed E-state index contributed by atoms with van der Waals surface area (Å²) in [5.74, 6) is -0.110. The van der Waals surface area contributed by atoms with Crippen molar-refractivity contribution in [2.24, 2.45) is 0 Å². The van der Waals surface area contributed by atoms with Crippen molar-refractivity contribution < 1.29 is 4.79 Å². The van der Waals surface area contributed by atoms with Crippen LogP contribution >= 0.6 is 15.9 Å². The van der Waals surface area contributed by atoms with Gasteiger partial charge in [0.1, 0.15) is 4.60 Å². The molecule has 1 unspecified atom stereocenters. The third kappa shape index (κ3) is 2.87. The number of hydrogen-bond donors (Lipinski definition) is 1. The Morgan fingerprint density at radius 1 is 1.42 bits per heavy atom. The number of halogens is 1. The normalized spacial score (nSPS) is 12.2. The maximum atomic E-state index is 11.8. The molecule has 19 heavy (non-hydrogen) atoms. The molecule has 1 N–H and O–H groups in total. The van der Waals surface area contributed by atoms with Crippen LogP contribution in [0.1, 0.15) is 35.8 Å². The van der Waals surface area contributed by atoms with E-state index >= 15 is 0 Å². The molecular weight excluding hydrogens is 306 g/mol. The summed E-state index contributed by atoms with van der Waals surface area (Å²) in [6.07, 6.45) is 1.59. The number of carbonyl (C=O) groups is 1. The Bertz CT molecular complexity index is 565. The summed E-state index contributed by atoms with van der Waals surface area (Å²) < 4.78 is 2.51. The van der Waals surface area contributed by atoms with Crippen LogP contribution in [-0.2, 0) is 0 Å². The van der Waals surface area contributed by atoms with Gasteiger partial charge in [-0.25, -0.2) is 0 Å². The fourth-order valence-corrected chi connectivity index (χ4v) is 2.58. The van der Waals surface area contributed by atoms with E-state index in [-0.39, 0.29) is 11.9 Å². The molecule has 0 aliphatic rings.